The second-order valence-electron chi connectivity index (χ2n) is 9.91. The van der Waals surface area contributed by atoms with Crippen LogP contribution in [0.1, 0.15) is 89.8 Å². The van der Waals surface area contributed by atoms with Gasteiger partial charge in [0, 0.05) is 5.41 Å². The van der Waals surface area contributed by atoms with Gasteiger partial charge in [0.2, 0.25) is 0 Å². The maximum atomic E-state index is 10.2. The Labute approximate surface area is 184 Å². The second-order valence-corrected chi connectivity index (χ2v) is 9.91. The lowest BCUT2D eigenvalue weighted by atomic mass is 9.77. The van der Waals surface area contributed by atoms with Crippen LogP contribution in [-0.4, -0.2) is 11.7 Å². The van der Waals surface area contributed by atoms with Crippen molar-refractivity contribution in [1.82, 2.24) is 0 Å². The molecule has 0 saturated heterocycles. The summed E-state index contributed by atoms with van der Waals surface area (Å²) in [7, 11) is 0. The molecule has 2 heteroatoms. The first kappa shape index (κ1) is 24.3. The van der Waals surface area contributed by atoms with Crippen LogP contribution in [0.15, 0.2) is 41.0 Å². The average molecular weight is 411 g/mol. The van der Waals surface area contributed by atoms with E-state index in [9.17, 15) is 5.11 Å². The van der Waals surface area contributed by atoms with E-state index in [0.29, 0.717) is 5.75 Å². The van der Waals surface area contributed by atoms with Gasteiger partial charge in [-0.15, -0.1) is 0 Å². The highest BCUT2D eigenvalue weighted by Gasteiger charge is 2.32. The first-order valence-electron chi connectivity index (χ1n) is 11.5. The number of rotatable bonds is 9. The van der Waals surface area contributed by atoms with Gasteiger partial charge in [-0.1, -0.05) is 41.9 Å². The van der Waals surface area contributed by atoms with Crippen molar-refractivity contribution in [3.8, 4) is 11.5 Å². The van der Waals surface area contributed by atoms with Crippen LogP contribution in [0.3, 0.4) is 0 Å². The average Bonchev–Trinajstić information content (AvgIpc) is 2.65. The Hall–Kier alpha value is -1.96. The molecule has 1 N–H and O–H groups in total. The zero-order valence-electron chi connectivity index (χ0n) is 20.3. The molecule has 0 amide bonds. The molecule has 1 aliphatic rings. The Bertz CT molecular complexity index is 822. The van der Waals surface area contributed by atoms with E-state index in [0.717, 1.165) is 67.6 Å². The number of fused-ring (bicyclic) bond motifs is 1. The summed E-state index contributed by atoms with van der Waals surface area (Å²) in [5, 5.41) is 10.2. The number of aromatic hydroxyl groups is 1. The summed E-state index contributed by atoms with van der Waals surface area (Å²) in [5.41, 5.74) is 7.67. The lowest BCUT2D eigenvalue weighted by Gasteiger charge is -2.36. The molecule has 1 aliphatic heterocycles. The minimum atomic E-state index is 0.124. The molecular formula is C28H42O2. The number of hydrogen-bond donors (Lipinski definition) is 1. The predicted molar refractivity (Wildman–Crippen MR) is 130 cm³/mol. The molecule has 166 valence electrons. The van der Waals surface area contributed by atoms with E-state index >= 15 is 0 Å². The van der Waals surface area contributed by atoms with Gasteiger partial charge in [-0.2, -0.15) is 0 Å². The second kappa shape index (κ2) is 10.9. The fourth-order valence-corrected chi connectivity index (χ4v) is 4.20. The normalized spacial score (nSPS) is 19.3. The van der Waals surface area contributed by atoms with E-state index in [1.54, 1.807) is 0 Å². The Balaban J connectivity index is 1.82. The summed E-state index contributed by atoms with van der Waals surface area (Å²) in [6.07, 6.45) is 14.9. The van der Waals surface area contributed by atoms with E-state index in [1.807, 2.05) is 19.9 Å². The van der Waals surface area contributed by atoms with Gasteiger partial charge in [-0.25, -0.2) is 0 Å². The Morgan fingerprint density at radius 3 is 2.20 bits per heavy atom. The van der Waals surface area contributed by atoms with Crippen molar-refractivity contribution in [3.63, 3.8) is 0 Å². The third kappa shape index (κ3) is 7.07. The third-order valence-corrected chi connectivity index (χ3v) is 6.44. The van der Waals surface area contributed by atoms with Crippen molar-refractivity contribution in [2.24, 2.45) is 5.41 Å². The van der Waals surface area contributed by atoms with E-state index in [-0.39, 0.29) is 5.41 Å². The van der Waals surface area contributed by atoms with E-state index in [2.05, 4.69) is 52.8 Å². The zero-order chi connectivity index (χ0) is 22.3. The van der Waals surface area contributed by atoms with Crippen LogP contribution in [-0.2, 0) is 6.42 Å². The zero-order valence-corrected chi connectivity index (χ0v) is 20.3. The van der Waals surface area contributed by atoms with Crippen LogP contribution in [0.4, 0.5) is 0 Å². The fraction of sp³-hybridized carbons (Fsp3) is 0.571. The molecule has 0 aromatic heterocycles. The first-order chi connectivity index (χ1) is 14.1. The van der Waals surface area contributed by atoms with Gasteiger partial charge >= 0.3 is 0 Å². The van der Waals surface area contributed by atoms with Crippen molar-refractivity contribution in [2.75, 3.05) is 6.61 Å². The topological polar surface area (TPSA) is 29.5 Å². The molecule has 1 heterocycles. The SMILES string of the molecule is CC(C)=CCC/C(C)=C/CC/C(C)=C/CCC1(C)COc2c(cc(O)c(C)c2C)C1. The minimum Gasteiger partial charge on any atom is -0.508 e. The van der Waals surface area contributed by atoms with Gasteiger partial charge in [0.05, 0.1) is 6.61 Å². The lowest BCUT2D eigenvalue weighted by molar-refractivity contribution is 0.127. The number of allylic oxidation sites excluding steroid dienone is 6. The molecule has 0 saturated carbocycles. The van der Waals surface area contributed by atoms with Crippen molar-refractivity contribution in [3.05, 3.63) is 57.7 Å². The van der Waals surface area contributed by atoms with Crippen molar-refractivity contribution in [2.45, 2.75) is 93.4 Å². The monoisotopic (exact) mass is 410 g/mol. The smallest absolute Gasteiger partial charge is 0.125 e. The largest absolute Gasteiger partial charge is 0.508 e. The van der Waals surface area contributed by atoms with Crippen molar-refractivity contribution in [1.29, 1.82) is 0 Å². The molecule has 2 nitrogen and oxygen atoms in total. The standard InChI is InChI=1S/C28H42O2/c1-20(2)11-8-12-21(3)13-9-14-22(4)15-10-16-28(7)18-25-17-26(29)23(5)24(6)27(25)30-19-28/h11,13,15,17,29H,8-10,12,14,16,18-19H2,1-7H3/b21-13+,22-15+. The molecular weight excluding hydrogens is 368 g/mol. The van der Waals surface area contributed by atoms with Crippen LogP contribution in [0.2, 0.25) is 0 Å². The molecule has 0 spiro atoms. The summed E-state index contributed by atoms with van der Waals surface area (Å²) in [6.45, 7) is 15.9. The third-order valence-electron chi connectivity index (χ3n) is 6.44. The molecule has 0 radical (unpaired) electrons. The van der Waals surface area contributed by atoms with Crippen LogP contribution >= 0.6 is 0 Å². The summed E-state index contributed by atoms with van der Waals surface area (Å²) >= 11 is 0. The van der Waals surface area contributed by atoms with Crippen molar-refractivity contribution >= 4 is 0 Å². The Kier molecular flexibility index (Phi) is 8.82. The molecule has 30 heavy (non-hydrogen) atoms. The molecule has 1 aromatic rings. The quantitative estimate of drug-likeness (QED) is 0.416. The van der Waals surface area contributed by atoms with Crippen LogP contribution in [0.5, 0.6) is 11.5 Å². The maximum absolute atomic E-state index is 10.2. The van der Waals surface area contributed by atoms with E-state index in [1.165, 1.54) is 23.1 Å². The number of phenols is 1. The van der Waals surface area contributed by atoms with E-state index < -0.39 is 0 Å². The lowest BCUT2D eigenvalue weighted by Crippen LogP contribution is -2.32. The van der Waals surface area contributed by atoms with Crippen molar-refractivity contribution < 1.29 is 9.84 Å². The fourth-order valence-electron chi connectivity index (χ4n) is 4.20. The molecule has 1 atom stereocenters. The number of benzene rings is 1. The molecule has 0 bridgehead atoms. The maximum Gasteiger partial charge on any atom is 0.125 e. The molecule has 1 aromatic carbocycles. The van der Waals surface area contributed by atoms with Gasteiger partial charge in [0.1, 0.15) is 11.5 Å². The number of phenolic OH excluding ortho intramolecular Hbond substituents is 1. The van der Waals surface area contributed by atoms with Gasteiger partial charge < -0.3 is 9.84 Å². The number of hydrogen-bond acceptors (Lipinski definition) is 2. The summed E-state index contributed by atoms with van der Waals surface area (Å²) in [5.74, 6) is 1.38. The van der Waals surface area contributed by atoms with Crippen LogP contribution < -0.4 is 4.74 Å². The Morgan fingerprint density at radius 2 is 1.57 bits per heavy atom. The van der Waals surface area contributed by atoms with Gasteiger partial charge in [-0.05, 0) is 109 Å². The molecule has 0 fully saturated rings. The van der Waals surface area contributed by atoms with Gasteiger partial charge in [-0.3, -0.25) is 0 Å². The Morgan fingerprint density at radius 1 is 0.967 bits per heavy atom. The molecule has 0 aliphatic carbocycles. The minimum absolute atomic E-state index is 0.124. The summed E-state index contributed by atoms with van der Waals surface area (Å²) in [4.78, 5) is 0. The highest BCUT2D eigenvalue weighted by atomic mass is 16.5. The molecule has 1 unspecified atom stereocenters. The van der Waals surface area contributed by atoms with E-state index in [4.69, 9.17) is 4.74 Å². The predicted octanol–water partition coefficient (Wildman–Crippen LogP) is 8.15. The highest BCUT2D eigenvalue weighted by molar-refractivity contribution is 5.53. The van der Waals surface area contributed by atoms with Crippen LogP contribution in [0.25, 0.3) is 0 Å². The number of ether oxygens (including phenoxy) is 1. The van der Waals surface area contributed by atoms with Gasteiger partial charge in [0.25, 0.3) is 0 Å². The molecule has 2 rings (SSSR count). The summed E-state index contributed by atoms with van der Waals surface area (Å²) < 4.78 is 6.16. The van der Waals surface area contributed by atoms with Crippen LogP contribution in [0, 0.1) is 19.3 Å². The van der Waals surface area contributed by atoms with Gasteiger partial charge in [0.15, 0.2) is 0 Å². The summed E-state index contributed by atoms with van der Waals surface area (Å²) in [6, 6.07) is 1.91. The highest BCUT2D eigenvalue weighted by Crippen LogP contribution is 2.42. The first-order valence-corrected chi connectivity index (χ1v) is 11.5.